The highest BCUT2D eigenvalue weighted by atomic mass is 16.2. The number of anilines is 1. The van der Waals surface area contributed by atoms with E-state index in [2.05, 4.69) is 42.7 Å². The first-order valence-electron chi connectivity index (χ1n) is 6.84. The molecule has 2 amide bonds. The third kappa shape index (κ3) is 2.52. The summed E-state index contributed by atoms with van der Waals surface area (Å²) in [5, 5.41) is 5.57. The summed E-state index contributed by atoms with van der Waals surface area (Å²) in [4.78, 5) is 23.1. The Hall–Kier alpha value is -2.62. The van der Waals surface area contributed by atoms with Gasteiger partial charge in [-0.15, -0.1) is 0 Å². The molecule has 0 aromatic heterocycles. The Bertz CT molecular complexity index is 750. The number of amides is 2. The van der Waals surface area contributed by atoms with Crippen molar-refractivity contribution in [1.82, 2.24) is 5.32 Å². The Kier molecular flexibility index (Phi) is 3.22. The van der Waals surface area contributed by atoms with Gasteiger partial charge in [0.1, 0.15) is 0 Å². The fourth-order valence-electron chi connectivity index (χ4n) is 2.40. The zero-order valence-corrected chi connectivity index (χ0v) is 12.0. The standard InChI is InChI=1S/C17H16N2O2/c1-10-3-4-12(7-11(10)2)9-18-13-5-6-14-15(8-13)17(21)19-16(14)20/h3-8,18H,9H2,1-2H3,(H,19,20,21). The second-order valence-electron chi connectivity index (χ2n) is 5.32. The van der Waals surface area contributed by atoms with E-state index in [1.165, 1.54) is 16.7 Å². The van der Waals surface area contributed by atoms with Crippen molar-refractivity contribution in [2.45, 2.75) is 20.4 Å². The number of carbonyl (C=O) groups excluding carboxylic acids is 2. The molecule has 2 N–H and O–H groups in total. The quantitative estimate of drug-likeness (QED) is 0.850. The number of aryl methyl sites for hydroxylation is 2. The van der Waals surface area contributed by atoms with Gasteiger partial charge in [-0.05, 0) is 48.7 Å². The zero-order chi connectivity index (χ0) is 15.0. The smallest absolute Gasteiger partial charge is 0.259 e. The molecule has 0 unspecified atom stereocenters. The van der Waals surface area contributed by atoms with Crippen LogP contribution in [-0.2, 0) is 6.54 Å². The number of rotatable bonds is 3. The van der Waals surface area contributed by atoms with Crippen LogP contribution in [0, 0.1) is 13.8 Å². The summed E-state index contributed by atoms with van der Waals surface area (Å²) in [6.07, 6.45) is 0. The Labute approximate surface area is 123 Å². The first-order chi connectivity index (χ1) is 10.0. The van der Waals surface area contributed by atoms with Crippen LogP contribution in [0.5, 0.6) is 0 Å². The average molecular weight is 280 g/mol. The monoisotopic (exact) mass is 280 g/mol. The Morgan fingerprint density at radius 2 is 1.67 bits per heavy atom. The number of hydrogen-bond acceptors (Lipinski definition) is 3. The molecule has 1 aliphatic heterocycles. The predicted octanol–water partition coefficient (Wildman–Crippen LogP) is 2.80. The molecular formula is C17H16N2O2. The van der Waals surface area contributed by atoms with E-state index < -0.39 is 0 Å². The third-order valence-corrected chi connectivity index (χ3v) is 3.80. The van der Waals surface area contributed by atoms with Gasteiger partial charge in [-0.1, -0.05) is 18.2 Å². The van der Waals surface area contributed by atoms with Crippen LogP contribution in [0.1, 0.15) is 37.4 Å². The van der Waals surface area contributed by atoms with Gasteiger partial charge in [0.2, 0.25) is 0 Å². The third-order valence-electron chi connectivity index (χ3n) is 3.80. The van der Waals surface area contributed by atoms with Gasteiger partial charge in [0.15, 0.2) is 0 Å². The number of benzene rings is 2. The lowest BCUT2D eigenvalue weighted by Crippen LogP contribution is -2.19. The number of nitrogens with one attached hydrogen (secondary N) is 2. The topological polar surface area (TPSA) is 58.2 Å². The molecule has 106 valence electrons. The van der Waals surface area contributed by atoms with Crippen molar-refractivity contribution < 1.29 is 9.59 Å². The van der Waals surface area contributed by atoms with Crippen LogP contribution in [0.2, 0.25) is 0 Å². The molecule has 0 fully saturated rings. The first kappa shape index (κ1) is 13.4. The maximum absolute atomic E-state index is 11.6. The van der Waals surface area contributed by atoms with E-state index in [-0.39, 0.29) is 11.8 Å². The van der Waals surface area contributed by atoms with Crippen molar-refractivity contribution in [2.75, 3.05) is 5.32 Å². The van der Waals surface area contributed by atoms with Crippen molar-refractivity contribution in [3.8, 4) is 0 Å². The second-order valence-corrected chi connectivity index (χ2v) is 5.32. The minimum absolute atomic E-state index is 0.323. The van der Waals surface area contributed by atoms with Crippen molar-refractivity contribution in [3.05, 3.63) is 64.2 Å². The molecule has 2 aromatic carbocycles. The SMILES string of the molecule is Cc1ccc(CNc2ccc3c(c2)C(=O)NC3=O)cc1C. The molecule has 0 saturated carbocycles. The largest absolute Gasteiger partial charge is 0.381 e. The molecule has 1 heterocycles. The van der Waals surface area contributed by atoms with Gasteiger partial charge in [0, 0.05) is 12.2 Å². The Balaban J connectivity index is 1.77. The minimum atomic E-state index is -0.329. The van der Waals surface area contributed by atoms with E-state index >= 15 is 0 Å². The van der Waals surface area contributed by atoms with Gasteiger partial charge in [-0.25, -0.2) is 0 Å². The molecule has 4 nitrogen and oxygen atoms in total. The van der Waals surface area contributed by atoms with Crippen molar-refractivity contribution in [3.63, 3.8) is 0 Å². The molecule has 3 rings (SSSR count). The van der Waals surface area contributed by atoms with Gasteiger partial charge < -0.3 is 5.32 Å². The molecular weight excluding hydrogens is 264 g/mol. The summed E-state index contributed by atoms with van der Waals surface area (Å²) in [5.74, 6) is -0.652. The minimum Gasteiger partial charge on any atom is -0.381 e. The lowest BCUT2D eigenvalue weighted by Gasteiger charge is -2.09. The van der Waals surface area contributed by atoms with Crippen LogP contribution in [0.15, 0.2) is 36.4 Å². The lowest BCUT2D eigenvalue weighted by molar-refractivity contribution is 0.0879. The fraction of sp³-hybridized carbons (Fsp3) is 0.176. The van der Waals surface area contributed by atoms with Crippen LogP contribution in [-0.4, -0.2) is 11.8 Å². The molecule has 4 heteroatoms. The van der Waals surface area contributed by atoms with Crippen molar-refractivity contribution in [1.29, 1.82) is 0 Å². The van der Waals surface area contributed by atoms with E-state index in [1.54, 1.807) is 12.1 Å². The molecule has 1 aliphatic rings. The number of carbonyl (C=O) groups is 2. The van der Waals surface area contributed by atoms with Crippen LogP contribution in [0.4, 0.5) is 5.69 Å². The van der Waals surface area contributed by atoms with Gasteiger partial charge in [0.05, 0.1) is 11.1 Å². The molecule has 0 bridgehead atoms. The van der Waals surface area contributed by atoms with Gasteiger partial charge in [-0.3, -0.25) is 14.9 Å². The molecule has 0 atom stereocenters. The van der Waals surface area contributed by atoms with E-state index in [1.807, 2.05) is 6.07 Å². The van der Waals surface area contributed by atoms with Gasteiger partial charge in [-0.2, -0.15) is 0 Å². The van der Waals surface area contributed by atoms with E-state index in [9.17, 15) is 9.59 Å². The predicted molar refractivity (Wildman–Crippen MR) is 81.5 cm³/mol. The van der Waals surface area contributed by atoms with E-state index in [0.29, 0.717) is 17.7 Å². The lowest BCUT2D eigenvalue weighted by atomic mass is 10.1. The molecule has 0 spiro atoms. The summed E-state index contributed by atoms with van der Waals surface area (Å²) < 4.78 is 0. The Morgan fingerprint density at radius 3 is 2.43 bits per heavy atom. The molecule has 2 aromatic rings. The molecule has 0 aliphatic carbocycles. The summed E-state index contributed by atoms with van der Waals surface area (Å²) in [6.45, 7) is 4.85. The molecule has 0 saturated heterocycles. The van der Waals surface area contributed by atoms with Crippen LogP contribution in [0.25, 0.3) is 0 Å². The fourth-order valence-corrected chi connectivity index (χ4v) is 2.40. The number of imide groups is 1. The van der Waals surface area contributed by atoms with E-state index in [0.717, 1.165) is 5.69 Å². The summed E-state index contributed by atoms with van der Waals surface area (Å²) in [5.41, 5.74) is 5.41. The highest BCUT2D eigenvalue weighted by molar-refractivity contribution is 6.21. The van der Waals surface area contributed by atoms with Crippen molar-refractivity contribution in [2.24, 2.45) is 0 Å². The normalized spacial score (nSPS) is 13.0. The summed E-state index contributed by atoms with van der Waals surface area (Å²) in [6, 6.07) is 11.5. The number of fused-ring (bicyclic) bond motifs is 1. The maximum atomic E-state index is 11.6. The maximum Gasteiger partial charge on any atom is 0.259 e. The molecule has 21 heavy (non-hydrogen) atoms. The first-order valence-corrected chi connectivity index (χ1v) is 6.84. The zero-order valence-electron chi connectivity index (χ0n) is 12.0. The van der Waals surface area contributed by atoms with Gasteiger partial charge in [0.25, 0.3) is 11.8 Å². The van der Waals surface area contributed by atoms with Crippen LogP contribution < -0.4 is 10.6 Å². The second kappa shape index (κ2) is 5.05. The Morgan fingerprint density at radius 1 is 0.905 bits per heavy atom. The number of hydrogen-bond donors (Lipinski definition) is 2. The van der Waals surface area contributed by atoms with Crippen LogP contribution >= 0.6 is 0 Å². The highest BCUT2D eigenvalue weighted by Crippen LogP contribution is 2.21. The summed E-state index contributed by atoms with van der Waals surface area (Å²) >= 11 is 0. The van der Waals surface area contributed by atoms with E-state index in [4.69, 9.17) is 0 Å². The summed E-state index contributed by atoms with van der Waals surface area (Å²) in [7, 11) is 0. The molecule has 0 radical (unpaired) electrons. The van der Waals surface area contributed by atoms with Crippen LogP contribution in [0.3, 0.4) is 0 Å². The highest BCUT2D eigenvalue weighted by Gasteiger charge is 2.26. The average Bonchev–Trinajstić information content (AvgIpc) is 2.75. The van der Waals surface area contributed by atoms with Crippen molar-refractivity contribution >= 4 is 17.5 Å². The van der Waals surface area contributed by atoms with Gasteiger partial charge >= 0.3 is 0 Å².